The molecule has 138 valence electrons. The first kappa shape index (κ1) is 19.9. The van der Waals surface area contributed by atoms with Crippen molar-refractivity contribution in [1.82, 2.24) is 4.31 Å². The van der Waals surface area contributed by atoms with E-state index in [4.69, 9.17) is 11.6 Å². The average Bonchev–Trinajstić information content (AvgIpc) is 2.56. The van der Waals surface area contributed by atoms with Crippen LogP contribution >= 0.6 is 11.6 Å². The largest absolute Gasteiger partial charge is 0.326 e. The van der Waals surface area contributed by atoms with Crippen LogP contribution in [-0.2, 0) is 14.8 Å². The average molecular weight is 396 g/mol. The molecule has 0 unspecified atom stereocenters. The van der Waals surface area contributed by atoms with Crippen LogP contribution in [0.3, 0.4) is 0 Å². The van der Waals surface area contributed by atoms with Gasteiger partial charge in [0, 0.05) is 32.4 Å². The molecule has 0 aliphatic carbocycles. The van der Waals surface area contributed by atoms with Gasteiger partial charge in [-0.15, -0.1) is 0 Å². The van der Waals surface area contributed by atoms with Gasteiger partial charge in [0.15, 0.2) is 0 Å². The minimum atomic E-state index is -3.69. The van der Waals surface area contributed by atoms with Crippen molar-refractivity contribution in [3.05, 3.63) is 53.1 Å². The van der Waals surface area contributed by atoms with Gasteiger partial charge in [-0.3, -0.25) is 9.59 Å². The number of sulfonamides is 1. The van der Waals surface area contributed by atoms with E-state index in [0.29, 0.717) is 11.4 Å². The summed E-state index contributed by atoms with van der Waals surface area (Å²) in [5.41, 5.74) is 1.11. The fourth-order valence-electron chi connectivity index (χ4n) is 2.09. The van der Waals surface area contributed by atoms with Crippen molar-refractivity contribution < 1.29 is 18.0 Å². The van der Waals surface area contributed by atoms with Gasteiger partial charge >= 0.3 is 0 Å². The molecule has 2 rings (SSSR count). The van der Waals surface area contributed by atoms with Crippen LogP contribution in [0.5, 0.6) is 0 Å². The van der Waals surface area contributed by atoms with E-state index < -0.39 is 15.9 Å². The fourth-order valence-corrected chi connectivity index (χ4v) is 3.22. The Morgan fingerprint density at radius 3 is 2.00 bits per heavy atom. The Balaban J connectivity index is 2.25. The van der Waals surface area contributed by atoms with Crippen molar-refractivity contribution in [2.24, 2.45) is 0 Å². The van der Waals surface area contributed by atoms with Gasteiger partial charge in [0.25, 0.3) is 5.91 Å². The summed E-state index contributed by atoms with van der Waals surface area (Å²) < 4.78 is 25.5. The maximum atomic E-state index is 12.5. The molecular weight excluding hydrogens is 378 g/mol. The van der Waals surface area contributed by atoms with E-state index in [2.05, 4.69) is 10.6 Å². The highest BCUT2D eigenvalue weighted by Crippen LogP contribution is 2.23. The molecule has 0 radical (unpaired) electrons. The van der Waals surface area contributed by atoms with Crippen molar-refractivity contribution in [2.75, 3.05) is 24.7 Å². The van der Waals surface area contributed by atoms with E-state index in [-0.39, 0.29) is 21.4 Å². The van der Waals surface area contributed by atoms with Crippen molar-refractivity contribution in [1.29, 1.82) is 0 Å². The van der Waals surface area contributed by atoms with Crippen molar-refractivity contribution in [2.45, 2.75) is 11.8 Å². The molecule has 0 heterocycles. The van der Waals surface area contributed by atoms with Crippen LogP contribution < -0.4 is 10.6 Å². The fraction of sp³-hybridized carbons (Fsp3) is 0.176. The quantitative estimate of drug-likeness (QED) is 0.813. The number of nitrogens with one attached hydrogen (secondary N) is 2. The molecule has 0 aliphatic rings. The van der Waals surface area contributed by atoms with Crippen molar-refractivity contribution >= 4 is 44.8 Å². The van der Waals surface area contributed by atoms with E-state index in [9.17, 15) is 18.0 Å². The molecule has 0 saturated heterocycles. The number of rotatable bonds is 5. The molecule has 0 aromatic heterocycles. The molecule has 0 fully saturated rings. The Labute approximate surface area is 157 Å². The second-order valence-electron chi connectivity index (χ2n) is 5.64. The van der Waals surface area contributed by atoms with Gasteiger partial charge in [0.2, 0.25) is 15.9 Å². The van der Waals surface area contributed by atoms with Gasteiger partial charge in [-0.05, 0) is 42.5 Å². The third kappa shape index (κ3) is 4.60. The van der Waals surface area contributed by atoms with Crippen LogP contribution in [0.4, 0.5) is 11.4 Å². The number of hydrogen-bond acceptors (Lipinski definition) is 4. The van der Waals surface area contributed by atoms with Crippen molar-refractivity contribution in [3.8, 4) is 0 Å². The molecule has 0 aliphatic heterocycles. The molecule has 2 aromatic rings. The molecule has 0 bridgehead atoms. The maximum absolute atomic E-state index is 12.5. The zero-order chi connectivity index (χ0) is 19.5. The first-order chi connectivity index (χ1) is 12.1. The molecular formula is C17H18ClN3O4S. The van der Waals surface area contributed by atoms with Gasteiger partial charge in [0.1, 0.15) is 0 Å². The highest BCUT2D eigenvalue weighted by Gasteiger charge is 2.20. The normalized spacial score (nSPS) is 11.3. The minimum absolute atomic E-state index is 0.0296. The van der Waals surface area contributed by atoms with Gasteiger partial charge in [0.05, 0.1) is 15.5 Å². The number of carbonyl (C=O) groups excluding carboxylic acids is 2. The number of nitrogens with zero attached hydrogens (tertiary/aromatic N) is 1. The molecule has 2 N–H and O–H groups in total. The Morgan fingerprint density at radius 2 is 1.50 bits per heavy atom. The summed E-state index contributed by atoms with van der Waals surface area (Å²) in [4.78, 5) is 23.5. The Kier molecular flexibility index (Phi) is 6.01. The smallest absolute Gasteiger partial charge is 0.257 e. The van der Waals surface area contributed by atoms with Crippen LogP contribution in [0.1, 0.15) is 17.3 Å². The first-order valence-corrected chi connectivity index (χ1v) is 9.34. The van der Waals surface area contributed by atoms with E-state index in [0.717, 1.165) is 4.31 Å². The summed E-state index contributed by atoms with van der Waals surface area (Å²) in [6.07, 6.45) is 0. The lowest BCUT2D eigenvalue weighted by Gasteiger charge is -2.13. The predicted octanol–water partition coefficient (Wildman–Crippen LogP) is 2.80. The zero-order valence-electron chi connectivity index (χ0n) is 14.4. The van der Waals surface area contributed by atoms with Gasteiger partial charge in [-0.2, -0.15) is 0 Å². The van der Waals surface area contributed by atoms with Gasteiger partial charge in [-0.1, -0.05) is 11.6 Å². The first-order valence-electron chi connectivity index (χ1n) is 7.52. The second kappa shape index (κ2) is 7.86. The Bertz CT molecular complexity index is 941. The van der Waals surface area contributed by atoms with E-state index >= 15 is 0 Å². The lowest BCUT2D eigenvalue weighted by molar-refractivity contribution is -0.114. The highest BCUT2D eigenvalue weighted by molar-refractivity contribution is 7.89. The summed E-state index contributed by atoms with van der Waals surface area (Å²) >= 11 is 6.05. The molecule has 7 nitrogen and oxygen atoms in total. The van der Waals surface area contributed by atoms with Crippen LogP contribution in [0.25, 0.3) is 0 Å². The number of anilines is 2. The summed E-state index contributed by atoms with van der Waals surface area (Å²) in [5.74, 6) is -0.745. The maximum Gasteiger partial charge on any atom is 0.257 e. The van der Waals surface area contributed by atoms with E-state index in [1.54, 1.807) is 24.3 Å². The summed E-state index contributed by atoms with van der Waals surface area (Å²) in [5, 5.41) is 5.39. The molecule has 0 spiro atoms. The highest BCUT2D eigenvalue weighted by atomic mass is 35.5. The summed E-state index contributed by atoms with van der Waals surface area (Å²) in [7, 11) is -0.879. The lowest BCUT2D eigenvalue weighted by atomic mass is 10.2. The molecule has 0 saturated carbocycles. The van der Waals surface area contributed by atoms with Gasteiger partial charge in [-0.25, -0.2) is 12.7 Å². The predicted molar refractivity (Wildman–Crippen MR) is 101 cm³/mol. The van der Waals surface area contributed by atoms with Gasteiger partial charge < -0.3 is 10.6 Å². The molecule has 2 amide bonds. The number of amides is 2. The number of carbonyl (C=O) groups is 2. The zero-order valence-corrected chi connectivity index (χ0v) is 16.0. The molecule has 2 aromatic carbocycles. The summed E-state index contributed by atoms with van der Waals surface area (Å²) in [6, 6.07) is 10.4. The molecule has 9 heteroatoms. The third-order valence-corrected chi connectivity index (χ3v) is 5.56. The Morgan fingerprint density at radius 1 is 0.962 bits per heavy atom. The van der Waals surface area contributed by atoms with Crippen LogP contribution in [-0.4, -0.2) is 38.6 Å². The number of benzene rings is 2. The van der Waals surface area contributed by atoms with Crippen molar-refractivity contribution in [3.63, 3.8) is 0 Å². The van der Waals surface area contributed by atoms with Crippen LogP contribution in [0.15, 0.2) is 47.4 Å². The third-order valence-electron chi connectivity index (χ3n) is 3.42. The van der Waals surface area contributed by atoms with E-state index in [1.165, 1.54) is 39.2 Å². The van der Waals surface area contributed by atoms with E-state index in [1.807, 2.05) is 0 Å². The molecule has 0 atom stereocenters. The minimum Gasteiger partial charge on any atom is -0.326 e. The lowest BCUT2D eigenvalue weighted by Crippen LogP contribution is -2.23. The second-order valence-corrected chi connectivity index (χ2v) is 8.20. The van der Waals surface area contributed by atoms with Crippen LogP contribution in [0, 0.1) is 0 Å². The summed E-state index contributed by atoms with van der Waals surface area (Å²) in [6.45, 7) is 1.40. The number of halogens is 1. The standard InChI is InChI=1S/C17H18ClN3O4S/c1-11(22)19-12-4-6-13(7-5-12)20-17(23)15-10-14(8-9-16(15)18)26(24,25)21(2)3/h4-10H,1-3H3,(H,19,22)(H,20,23). The number of hydrogen-bond donors (Lipinski definition) is 2. The SMILES string of the molecule is CC(=O)Nc1ccc(NC(=O)c2cc(S(=O)(=O)N(C)C)ccc2Cl)cc1. The molecule has 26 heavy (non-hydrogen) atoms. The van der Waals surface area contributed by atoms with Crippen LogP contribution in [0.2, 0.25) is 5.02 Å². The Hall–Kier alpha value is -2.42. The topological polar surface area (TPSA) is 95.6 Å². The monoisotopic (exact) mass is 395 g/mol.